The molecule has 0 radical (unpaired) electrons. The molecule has 0 bridgehead atoms. The van der Waals surface area contributed by atoms with Crippen LogP contribution in [0.15, 0.2) is 44.0 Å². The SMILES string of the molecule is Cc1ccc2c(=O)c(O)c(-c3cc(Br)cc4c3OCOC4)oc2c1. The van der Waals surface area contributed by atoms with Gasteiger partial charge in [-0.2, -0.15) is 0 Å². The summed E-state index contributed by atoms with van der Waals surface area (Å²) in [6.07, 6.45) is 0. The molecule has 2 aromatic carbocycles. The minimum Gasteiger partial charge on any atom is -0.502 e. The van der Waals surface area contributed by atoms with Crippen LogP contribution in [0, 0.1) is 6.92 Å². The molecule has 24 heavy (non-hydrogen) atoms. The molecule has 0 aliphatic carbocycles. The fourth-order valence-corrected chi connectivity index (χ4v) is 3.33. The highest BCUT2D eigenvalue weighted by atomic mass is 79.9. The molecule has 0 atom stereocenters. The maximum atomic E-state index is 12.5. The van der Waals surface area contributed by atoms with Crippen LogP contribution in [0.4, 0.5) is 0 Å². The molecule has 6 heteroatoms. The van der Waals surface area contributed by atoms with Gasteiger partial charge in [0.15, 0.2) is 12.6 Å². The van der Waals surface area contributed by atoms with Crippen LogP contribution >= 0.6 is 15.9 Å². The number of hydrogen-bond donors (Lipinski definition) is 1. The van der Waals surface area contributed by atoms with Gasteiger partial charge >= 0.3 is 0 Å². The Labute approximate surface area is 145 Å². The van der Waals surface area contributed by atoms with Gasteiger partial charge in [-0.3, -0.25) is 4.79 Å². The van der Waals surface area contributed by atoms with E-state index in [9.17, 15) is 9.90 Å². The van der Waals surface area contributed by atoms with Crippen molar-refractivity contribution in [3.05, 3.63) is 56.2 Å². The summed E-state index contributed by atoms with van der Waals surface area (Å²) in [4.78, 5) is 12.5. The summed E-state index contributed by atoms with van der Waals surface area (Å²) in [5.74, 6) is 0.217. The van der Waals surface area contributed by atoms with E-state index < -0.39 is 11.2 Å². The first-order chi connectivity index (χ1) is 11.5. The third kappa shape index (κ3) is 2.39. The van der Waals surface area contributed by atoms with Crippen molar-refractivity contribution < 1.29 is 19.0 Å². The number of hydrogen-bond acceptors (Lipinski definition) is 5. The summed E-state index contributed by atoms with van der Waals surface area (Å²) in [5.41, 5.74) is 2.25. The highest BCUT2D eigenvalue weighted by molar-refractivity contribution is 9.10. The number of aryl methyl sites for hydroxylation is 1. The Bertz CT molecular complexity index is 1020. The van der Waals surface area contributed by atoms with E-state index in [0.717, 1.165) is 15.6 Å². The van der Waals surface area contributed by atoms with Crippen LogP contribution in [0.2, 0.25) is 0 Å². The zero-order valence-corrected chi connectivity index (χ0v) is 14.3. The molecule has 0 amide bonds. The lowest BCUT2D eigenvalue weighted by Gasteiger charge is -2.21. The minimum absolute atomic E-state index is 0.0950. The monoisotopic (exact) mass is 388 g/mol. The second-order valence-electron chi connectivity index (χ2n) is 5.66. The van der Waals surface area contributed by atoms with Crippen LogP contribution in [0.5, 0.6) is 11.5 Å². The van der Waals surface area contributed by atoms with Crippen molar-refractivity contribution in [1.29, 1.82) is 0 Å². The van der Waals surface area contributed by atoms with Crippen molar-refractivity contribution >= 4 is 26.9 Å². The Morgan fingerprint density at radius 2 is 2.04 bits per heavy atom. The number of aromatic hydroxyl groups is 1. The summed E-state index contributed by atoms with van der Waals surface area (Å²) < 4.78 is 17.5. The van der Waals surface area contributed by atoms with Crippen LogP contribution < -0.4 is 10.2 Å². The lowest BCUT2D eigenvalue weighted by Crippen LogP contribution is -2.12. The molecule has 1 aromatic heterocycles. The highest BCUT2D eigenvalue weighted by Gasteiger charge is 2.23. The van der Waals surface area contributed by atoms with Gasteiger partial charge in [-0.15, -0.1) is 0 Å². The van der Waals surface area contributed by atoms with Crippen molar-refractivity contribution in [1.82, 2.24) is 0 Å². The van der Waals surface area contributed by atoms with Crippen LogP contribution in [0.3, 0.4) is 0 Å². The van der Waals surface area contributed by atoms with Crippen molar-refractivity contribution in [3.63, 3.8) is 0 Å². The van der Waals surface area contributed by atoms with Crippen LogP contribution in [0.25, 0.3) is 22.3 Å². The van der Waals surface area contributed by atoms with E-state index in [0.29, 0.717) is 28.9 Å². The van der Waals surface area contributed by atoms with Crippen LogP contribution in [-0.4, -0.2) is 11.9 Å². The smallest absolute Gasteiger partial charge is 0.235 e. The number of halogens is 1. The van der Waals surface area contributed by atoms with Gasteiger partial charge in [0.1, 0.15) is 11.3 Å². The first-order valence-electron chi connectivity index (χ1n) is 7.34. The average Bonchev–Trinajstić information content (AvgIpc) is 2.57. The molecule has 122 valence electrons. The summed E-state index contributed by atoms with van der Waals surface area (Å²) in [5, 5.41) is 10.7. The molecule has 0 fully saturated rings. The lowest BCUT2D eigenvalue weighted by molar-refractivity contribution is -0.0160. The first-order valence-corrected chi connectivity index (χ1v) is 8.13. The molecule has 1 N–H and O–H groups in total. The van der Waals surface area contributed by atoms with E-state index in [1.54, 1.807) is 24.3 Å². The van der Waals surface area contributed by atoms with E-state index >= 15 is 0 Å². The van der Waals surface area contributed by atoms with Gasteiger partial charge in [0, 0.05) is 10.0 Å². The van der Waals surface area contributed by atoms with Crippen LogP contribution in [-0.2, 0) is 11.3 Å². The quantitative estimate of drug-likeness (QED) is 0.679. The Kier molecular flexibility index (Phi) is 3.58. The van der Waals surface area contributed by atoms with Gasteiger partial charge in [-0.05, 0) is 36.8 Å². The summed E-state index contributed by atoms with van der Waals surface area (Å²) >= 11 is 3.43. The third-order valence-electron chi connectivity index (χ3n) is 3.94. The number of fused-ring (bicyclic) bond motifs is 2. The second-order valence-corrected chi connectivity index (χ2v) is 6.58. The maximum absolute atomic E-state index is 12.5. The van der Waals surface area contributed by atoms with Gasteiger partial charge in [-0.25, -0.2) is 0 Å². The molecule has 0 unspecified atom stereocenters. The second kappa shape index (κ2) is 5.65. The Morgan fingerprint density at radius 1 is 1.21 bits per heavy atom. The van der Waals surface area contributed by atoms with Crippen molar-refractivity contribution in [2.45, 2.75) is 13.5 Å². The van der Waals surface area contributed by atoms with E-state index in [1.807, 2.05) is 13.0 Å². The first kappa shape index (κ1) is 15.2. The Balaban J connectivity index is 2.05. The zero-order chi connectivity index (χ0) is 16.8. The maximum Gasteiger partial charge on any atom is 0.235 e. The van der Waals surface area contributed by atoms with Gasteiger partial charge in [0.05, 0.1) is 17.6 Å². The third-order valence-corrected chi connectivity index (χ3v) is 4.40. The van der Waals surface area contributed by atoms with E-state index in [1.165, 1.54) is 0 Å². The van der Waals surface area contributed by atoms with Gasteiger partial charge in [0.2, 0.25) is 11.2 Å². The average molecular weight is 389 g/mol. The van der Waals surface area contributed by atoms with E-state index in [2.05, 4.69) is 15.9 Å². The van der Waals surface area contributed by atoms with Gasteiger partial charge in [-0.1, -0.05) is 22.0 Å². The summed E-state index contributed by atoms with van der Waals surface area (Å²) in [6, 6.07) is 8.86. The number of rotatable bonds is 1. The lowest BCUT2D eigenvalue weighted by atomic mass is 10.0. The van der Waals surface area contributed by atoms with Crippen molar-refractivity contribution in [2.24, 2.45) is 0 Å². The molecule has 0 spiro atoms. The minimum atomic E-state index is -0.466. The number of benzene rings is 2. The summed E-state index contributed by atoms with van der Waals surface area (Å²) in [7, 11) is 0. The van der Waals surface area contributed by atoms with Crippen molar-refractivity contribution in [3.8, 4) is 22.8 Å². The molecule has 3 aromatic rings. The fraction of sp³-hybridized carbons (Fsp3) is 0.167. The predicted molar refractivity (Wildman–Crippen MR) is 92.3 cm³/mol. The molecule has 1 aliphatic heterocycles. The molecule has 1 aliphatic rings. The van der Waals surface area contributed by atoms with Crippen LogP contribution in [0.1, 0.15) is 11.1 Å². The summed E-state index contributed by atoms with van der Waals surface area (Å²) in [6.45, 7) is 2.41. The van der Waals surface area contributed by atoms with Gasteiger partial charge < -0.3 is 19.0 Å². The van der Waals surface area contributed by atoms with Gasteiger partial charge in [0.25, 0.3) is 0 Å². The Hall–Kier alpha value is -2.31. The topological polar surface area (TPSA) is 68.9 Å². The zero-order valence-electron chi connectivity index (χ0n) is 12.8. The molecule has 5 nitrogen and oxygen atoms in total. The number of ether oxygens (including phenoxy) is 2. The van der Waals surface area contributed by atoms with E-state index in [-0.39, 0.29) is 12.6 Å². The molecule has 2 heterocycles. The molecular formula is C18H13BrO5. The van der Waals surface area contributed by atoms with E-state index in [4.69, 9.17) is 13.9 Å². The Morgan fingerprint density at radius 3 is 2.88 bits per heavy atom. The normalized spacial score (nSPS) is 13.6. The fourth-order valence-electron chi connectivity index (χ4n) is 2.82. The largest absolute Gasteiger partial charge is 0.502 e. The standard InChI is InChI=1S/C18H13BrO5/c1-9-2-3-12-14(4-9)24-18(16(21)15(12)20)13-6-11(19)5-10-7-22-8-23-17(10)13/h2-6,21H,7-8H2,1H3. The van der Waals surface area contributed by atoms with Crippen molar-refractivity contribution in [2.75, 3.05) is 6.79 Å². The molecule has 0 saturated heterocycles. The molecular weight excluding hydrogens is 376 g/mol. The highest BCUT2D eigenvalue weighted by Crippen LogP contribution is 2.41. The molecule has 0 saturated carbocycles. The predicted octanol–water partition coefficient (Wildman–Crippen LogP) is 4.10. The molecule has 4 rings (SSSR count).